The van der Waals surface area contributed by atoms with E-state index in [-0.39, 0.29) is 24.0 Å². The number of aromatic nitrogens is 2. The van der Waals surface area contributed by atoms with E-state index in [0.717, 1.165) is 16.8 Å². The van der Waals surface area contributed by atoms with Crippen LogP contribution in [0.5, 0.6) is 0 Å². The van der Waals surface area contributed by atoms with Gasteiger partial charge in [-0.2, -0.15) is 9.49 Å². The summed E-state index contributed by atoms with van der Waals surface area (Å²) in [5, 5.41) is 7.20. The van der Waals surface area contributed by atoms with Crippen LogP contribution >= 0.6 is 11.8 Å². The number of ether oxygens (including phenoxy) is 1. The lowest BCUT2D eigenvalue weighted by atomic mass is 9.77. The van der Waals surface area contributed by atoms with Gasteiger partial charge in [-0.15, -0.1) is 0 Å². The van der Waals surface area contributed by atoms with Crippen molar-refractivity contribution in [3.8, 4) is 0 Å². The second-order valence-corrected chi connectivity index (χ2v) is 9.01. The number of aliphatic imine (C=N–C) groups is 1. The average molecular weight is 485 g/mol. The highest BCUT2D eigenvalue weighted by atomic mass is 32.2. The summed E-state index contributed by atoms with van der Waals surface area (Å²) >= 11 is 1.30. The molecule has 2 aromatic carbocycles. The van der Waals surface area contributed by atoms with Gasteiger partial charge in [0.1, 0.15) is 35.2 Å². The van der Waals surface area contributed by atoms with Crippen molar-refractivity contribution in [2.24, 2.45) is 18.0 Å². The molecule has 0 saturated carbocycles. The Morgan fingerprint density at radius 2 is 1.97 bits per heavy atom. The average Bonchev–Trinajstić information content (AvgIpc) is 3.17. The van der Waals surface area contributed by atoms with E-state index in [2.05, 4.69) is 10.4 Å². The lowest BCUT2D eigenvalue weighted by Gasteiger charge is -2.42. The Bertz CT molecular complexity index is 1310. The van der Waals surface area contributed by atoms with Gasteiger partial charge in [0, 0.05) is 42.0 Å². The molecule has 6 nitrogen and oxygen atoms in total. The minimum atomic E-state index is -1.25. The van der Waals surface area contributed by atoms with Crippen LogP contribution in [-0.4, -0.2) is 33.2 Å². The first kappa shape index (κ1) is 22.3. The third-order valence-electron chi connectivity index (χ3n) is 5.84. The van der Waals surface area contributed by atoms with E-state index in [0.29, 0.717) is 27.9 Å². The summed E-state index contributed by atoms with van der Waals surface area (Å²) in [6.07, 6.45) is 1.74. The van der Waals surface area contributed by atoms with E-state index in [1.54, 1.807) is 36.4 Å². The Morgan fingerprint density at radius 1 is 1.18 bits per heavy atom. The lowest BCUT2D eigenvalue weighted by molar-refractivity contribution is 0.0975. The summed E-state index contributed by atoms with van der Waals surface area (Å²) in [5.74, 6) is -1.96. The van der Waals surface area contributed by atoms with Crippen LogP contribution < -0.4 is 5.32 Å². The highest BCUT2D eigenvalue weighted by molar-refractivity contribution is 8.13. The second-order valence-electron chi connectivity index (χ2n) is 8.00. The maximum atomic E-state index is 15.0. The molecule has 5 rings (SSSR count). The fourth-order valence-corrected chi connectivity index (χ4v) is 5.17. The summed E-state index contributed by atoms with van der Waals surface area (Å²) in [6, 6.07) is 13.2. The Labute approximate surface area is 197 Å². The Morgan fingerprint density at radius 3 is 2.68 bits per heavy atom. The van der Waals surface area contributed by atoms with Crippen LogP contribution in [0.3, 0.4) is 0 Å². The second kappa shape index (κ2) is 8.68. The number of benzene rings is 2. The van der Waals surface area contributed by atoms with Crippen LogP contribution in [0.25, 0.3) is 5.76 Å². The zero-order chi connectivity index (χ0) is 23.9. The number of amidine groups is 1. The van der Waals surface area contributed by atoms with Crippen molar-refractivity contribution in [3.63, 3.8) is 0 Å². The molecule has 3 heterocycles. The minimum absolute atomic E-state index is 0.102. The zero-order valence-corrected chi connectivity index (χ0v) is 18.8. The van der Waals surface area contributed by atoms with Gasteiger partial charge in [-0.3, -0.25) is 4.79 Å². The molecule has 1 amide bonds. The Kier molecular flexibility index (Phi) is 5.68. The molecule has 1 aromatic heterocycles. The molecule has 0 bridgehead atoms. The van der Waals surface area contributed by atoms with Crippen molar-refractivity contribution in [1.29, 1.82) is 0 Å². The molecule has 0 fully saturated rings. The molecule has 2 aliphatic heterocycles. The normalized spacial score (nSPS) is 21.7. The third kappa shape index (κ3) is 3.98. The fraction of sp³-hybridized carbons (Fsp3) is 0.208. The number of rotatable bonds is 3. The molecule has 2 aliphatic rings. The third-order valence-corrected chi connectivity index (χ3v) is 6.84. The van der Waals surface area contributed by atoms with Gasteiger partial charge in [-0.25, -0.2) is 18.5 Å². The molecule has 34 heavy (non-hydrogen) atoms. The quantitative estimate of drug-likeness (QED) is 0.604. The molecule has 0 unspecified atom stereocenters. The maximum Gasteiger partial charge on any atom is 0.257 e. The van der Waals surface area contributed by atoms with Crippen molar-refractivity contribution in [1.82, 2.24) is 15.1 Å². The summed E-state index contributed by atoms with van der Waals surface area (Å²) in [7, 11) is 1.48. The first-order valence-electron chi connectivity index (χ1n) is 10.4. The molecular weight excluding hydrogens is 465 g/mol. The van der Waals surface area contributed by atoms with Gasteiger partial charge in [0.2, 0.25) is 5.95 Å². The van der Waals surface area contributed by atoms with E-state index in [1.807, 2.05) is 0 Å². The van der Waals surface area contributed by atoms with Crippen LogP contribution in [0, 0.1) is 23.5 Å². The van der Waals surface area contributed by atoms with Crippen molar-refractivity contribution in [2.75, 3.05) is 12.4 Å². The van der Waals surface area contributed by atoms with E-state index < -0.39 is 23.1 Å². The molecule has 10 heteroatoms. The molecule has 174 valence electrons. The molecule has 0 aliphatic carbocycles. The number of aryl methyl sites for hydroxylation is 1. The molecule has 3 aromatic rings. The first-order chi connectivity index (χ1) is 16.4. The number of amides is 1. The Hall–Kier alpha value is -3.53. The van der Waals surface area contributed by atoms with Crippen molar-refractivity contribution < 1.29 is 22.7 Å². The van der Waals surface area contributed by atoms with Crippen LogP contribution in [0.1, 0.15) is 21.6 Å². The van der Waals surface area contributed by atoms with Crippen molar-refractivity contribution in [3.05, 3.63) is 95.1 Å². The van der Waals surface area contributed by atoms with Gasteiger partial charge in [-0.05, 0) is 24.3 Å². The van der Waals surface area contributed by atoms with Crippen LogP contribution in [0.4, 0.5) is 13.2 Å². The Balaban J connectivity index is 1.55. The molecule has 2 atom stereocenters. The predicted octanol–water partition coefficient (Wildman–Crippen LogP) is 4.25. The van der Waals surface area contributed by atoms with Gasteiger partial charge in [0.15, 0.2) is 5.17 Å². The highest BCUT2D eigenvalue weighted by Crippen LogP contribution is 2.46. The summed E-state index contributed by atoms with van der Waals surface area (Å²) < 4.78 is 49.5. The number of hydrogen-bond donors (Lipinski definition) is 1. The SMILES string of the molecule is Cn1nc(C2=C[C@H]3CSC(NC(=O)c4ccccc4)=N[C@@]3(c3ccc(F)cc3F)CO2)cc1F. The summed E-state index contributed by atoms with van der Waals surface area (Å²) in [4.78, 5) is 17.4. The number of halogens is 3. The molecule has 0 saturated heterocycles. The maximum absolute atomic E-state index is 15.0. The van der Waals surface area contributed by atoms with E-state index in [9.17, 15) is 18.0 Å². The predicted molar refractivity (Wildman–Crippen MR) is 122 cm³/mol. The molecular formula is C24H19F3N4O2S. The van der Waals surface area contributed by atoms with E-state index in [1.165, 1.54) is 30.9 Å². The number of thioether (sulfide) groups is 1. The van der Waals surface area contributed by atoms with Gasteiger partial charge in [-0.1, -0.05) is 36.0 Å². The van der Waals surface area contributed by atoms with Gasteiger partial charge < -0.3 is 10.1 Å². The van der Waals surface area contributed by atoms with Gasteiger partial charge >= 0.3 is 0 Å². The number of carbonyl (C=O) groups excluding carboxylic acids is 1. The van der Waals surface area contributed by atoms with Crippen LogP contribution in [0.15, 0.2) is 65.7 Å². The topological polar surface area (TPSA) is 68.5 Å². The standard InChI is InChI=1S/C24H19F3N4O2S/c1-31-21(27)11-19(30-31)20-9-15-12-34-23(28-22(32)14-5-3-2-4-6-14)29-24(15,13-33-20)17-8-7-16(25)10-18(17)26/h2-11,15H,12-13H2,1H3,(H,28,29,32)/t15-,24-/m0/s1. The fourth-order valence-electron chi connectivity index (χ4n) is 4.07. The van der Waals surface area contributed by atoms with Crippen molar-refractivity contribution >= 4 is 28.6 Å². The van der Waals surface area contributed by atoms with Gasteiger partial charge in [0.25, 0.3) is 5.91 Å². The van der Waals surface area contributed by atoms with Gasteiger partial charge in [0.05, 0.1) is 0 Å². The molecule has 0 spiro atoms. The number of hydrogen-bond acceptors (Lipinski definition) is 5. The minimum Gasteiger partial charge on any atom is -0.489 e. The monoisotopic (exact) mass is 484 g/mol. The zero-order valence-electron chi connectivity index (χ0n) is 18.0. The van der Waals surface area contributed by atoms with Crippen LogP contribution in [-0.2, 0) is 17.3 Å². The smallest absolute Gasteiger partial charge is 0.257 e. The highest BCUT2D eigenvalue weighted by Gasteiger charge is 2.48. The molecule has 0 radical (unpaired) electrons. The summed E-state index contributed by atoms with van der Waals surface area (Å²) in [6.45, 7) is -0.102. The number of nitrogens with zero attached hydrogens (tertiary/aromatic N) is 3. The van der Waals surface area contributed by atoms with E-state index in [4.69, 9.17) is 9.73 Å². The first-order valence-corrected chi connectivity index (χ1v) is 11.4. The largest absolute Gasteiger partial charge is 0.489 e. The number of carbonyl (C=O) groups is 1. The van der Waals surface area contributed by atoms with Crippen LogP contribution in [0.2, 0.25) is 0 Å². The number of nitrogens with one attached hydrogen (secondary N) is 1. The number of fused-ring (bicyclic) bond motifs is 1. The lowest BCUT2D eigenvalue weighted by Crippen LogP contribution is -2.47. The van der Waals surface area contributed by atoms with E-state index >= 15 is 0 Å². The molecule has 1 N–H and O–H groups in total. The summed E-state index contributed by atoms with van der Waals surface area (Å²) in [5.41, 5.74) is -0.341. The van der Waals surface area contributed by atoms with Crippen molar-refractivity contribution in [2.45, 2.75) is 5.54 Å².